The van der Waals surface area contributed by atoms with Gasteiger partial charge in [0.25, 0.3) is 0 Å². The average molecular weight is 206 g/mol. The first-order valence-corrected chi connectivity index (χ1v) is 4.23. The van der Waals surface area contributed by atoms with Crippen LogP contribution in [0.15, 0.2) is 30.9 Å². The Hall–Kier alpha value is -2.10. The molecule has 0 unspecified atom stereocenters. The molecule has 0 saturated carbocycles. The van der Waals surface area contributed by atoms with E-state index in [9.17, 15) is 9.59 Å². The molecule has 0 aliphatic heterocycles. The van der Waals surface area contributed by atoms with Crippen molar-refractivity contribution in [3.63, 3.8) is 0 Å². The summed E-state index contributed by atoms with van der Waals surface area (Å²) in [5.74, 6) is -1.43. The first-order valence-electron chi connectivity index (χ1n) is 4.23. The van der Waals surface area contributed by atoms with Crippen LogP contribution < -0.4 is 4.74 Å². The number of carboxylic acid groups (broad SMARTS) is 1. The molecule has 0 aliphatic rings. The maximum atomic E-state index is 10.9. The molecule has 1 N–H and O–H groups in total. The number of carbonyl (C=O) groups is 2. The molecule has 0 bridgehead atoms. The summed E-state index contributed by atoms with van der Waals surface area (Å²) in [6.07, 6.45) is 1.02. The van der Waals surface area contributed by atoms with E-state index in [1.165, 1.54) is 18.2 Å². The van der Waals surface area contributed by atoms with Gasteiger partial charge in [0, 0.05) is 11.6 Å². The van der Waals surface area contributed by atoms with Crippen molar-refractivity contribution in [3.05, 3.63) is 42.0 Å². The van der Waals surface area contributed by atoms with Gasteiger partial charge < -0.3 is 9.84 Å². The molecule has 0 saturated heterocycles. The second-order valence-corrected chi connectivity index (χ2v) is 2.86. The van der Waals surface area contributed by atoms with Gasteiger partial charge in [0.1, 0.15) is 5.75 Å². The van der Waals surface area contributed by atoms with Crippen molar-refractivity contribution >= 4 is 11.9 Å². The highest BCUT2D eigenvalue weighted by Crippen LogP contribution is 2.21. The fourth-order valence-corrected chi connectivity index (χ4v) is 1.11. The summed E-state index contributed by atoms with van der Waals surface area (Å²) < 4.78 is 4.86. The van der Waals surface area contributed by atoms with E-state index >= 15 is 0 Å². The number of esters is 1. The van der Waals surface area contributed by atoms with E-state index in [1.54, 1.807) is 6.92 Å². The van der Waals surface area contributed by atoms with E-state index in [-0.39, 0.29) is 11.3 Å². The number of hydrogen-bond acceptors (Lipinski definition) is 3. The smallest absolute Gasteiger partial charge is 0.336 e. The van der Waals surface area contributed by atoms with Crippen molar-refractivity contribution in [1.29, 1.82) is 0 Å². The third-order valence-electron chi connectivity index (χ3n) is 1.89. The molecule has 4 nitrogen and oxygen atoms in total. The second-order valence-electron chi connectivity index (χ2n) is 2.86. The van der Waals surface area contributed by atoms with E-state index < -0.39 is 11.9 Å². The van der Waals surface area contributed by atoms with Gasteiger partial charge in [-0.3, -0.25) is 0 Å². The number of carbonyl (C=O) groups excluding carboxylic acids is 1. The molecular formula is C11H10O4. The fraction of sp³-hybridized carbons (Fsp3) is 0.0909. The molecule has 0 spiro atoms. The van der Waals surface area contributed by atoms with Crippen LogP contribution in [0, 0.1) is 6.92 Å². The highest BCUT2D eigenvalue weighted by atomic mass is 16.5. The number of ether oxygens (including phenoxy) is 1. The minimum atomic E-state index is -1.05. The lowest BCUT2D eigenvalue weighted by atomic mass is 10.1. The zero-order valence-corrected chi connectivity index (χ0v) is 8.19. The maximum Gasteiger partial charge on any atom is 0.336 e. The topological polar surface area (TPSA) is 63.6 Å². The normalized spacial score (nSPS) is 9.40. The summed E-state index contributed by atoms with van der Waals surface area (Å²) in [5, 5.41) is 8.82. The Kier molecular flexibility index (Phi) is 3.23. The zero-order chi connectivity index (χ0) is 11.4. The SMILES string of the molecule is C=CC(=O)Oc1cccc(C(=O)O)c1C. The van der Waals surface area contributed by atoms with E-state index in [2.05, 4.69) is 6.58 Å². The fourth-order valence-electron chi connectivity index (χ4n) is 1.11. The molecule has 0 fully saturated rings. The van der Waals surface area contributed by atoms with Crippen molar-refractivity contribution in [2.45, 2.75) is 6.92 Å². The monoisotopic (exact) mass is 206 g/mol. The minimum absolute atomic E-state index is 0.115. The first-order chi connectivity index (χ1) is 7.06. The minimum Gasteiger partial charge on any atom is -0.478 e. The second kappa shape index (κ2) is 4.41. The lowest BCUT2D eigenvalue weighted by Crippen LogP contribution is -2.07. The van der Waals surface area contributed by atoms with Crippen LogP contribution >= 0.6 is 0 Å². The van der Waals surface area contributed by atoms with Crippen LogP contribution in [0.25, 0.3) is 0 Å². The number of benzene rings is 1. The van der Waals surface area contributed by atoms with Crippen LogP contribution in [-0.4, -0.2) is 17.0 Å². The van der Waals surface area contributed by atoms with Gasteiger partial charge in [-0.1, -0.05) is 12.6 Å². The number of rotatable bonds is 3. The van der Waals surface area contributed by atoms with Crippen molar-refractivity contribution < 1.29 is 19.4 Å². The quantitative estimate of drug-likeness (QED) is 0.465. The Morgan fingerprint density at radius 2 is 2.13 bits per heavy atom. The Morgan fingerprint density at radius 1 is 1.47 bits per heavy atom. The van der Waals surface area contributed by atoms with Crippen LogP contribution in [0.2, 0.25) is 0 Å². The molecular weight excluding hydrogens is 196 g/mol. The number of hydrogen-bond donors (Lipinski definition) is 1. The standard InChI is InChI=1S/C11H10O4/c1-3-10(12)15-9-6-4-5-8(7(9)2)11(13)14/h3-6H,1H2,2H3,(H,13,14). The third-order valence-corrected chi connectivity index (χ3v) is 1.89. The summed E-state index contributed by atoms with van der Waals surface area (Å²) in [6, 6.07) is 4.49. The molecule has 0 aromatic heterocycles. The van der Waals surface area contributed by atoms with Gasteiger partial charge in [0.05, 0.1) is 5.56 Å². The maximum absolute atomic E-state index is 10.9. The van der Waals surface area contributed by atoms with Crippen molar-refractivity contribution in [2.75, 3.05) is 0 Å². The number of carboxylic acids is 1. The summed E-state index contributed by atoms with van der Waals surface area (Å²) in [5.41, 5.74) is 0.532. The highest BCUT2D eigenvalue weighted by Gasteiger charge is 2.12. The van der Waals surface area contributed by atoms with Crippen LogP contribution in [0.1, 0.15) is 15.9 Å². The van der Waals surface area contributed by atoms with Gasteiger partial charge in [0.15, 0.2) is 0 Å². The van der Waals surface area contributed by atoms with E-state index in [4.69, 9.17) is 9.84 Å². The van der Waals surface area contributed by atoms with Gasteiger partial charge in [-0.2, -0.15) is 0 Å². The number of aromatic carboxylic acids is 1. The molecule has 0 aliphatic carbocycles. The van der Waals surface area contributed by atoms with E-state index in [0.717, 1.165) is 6.08 Å². The molecule has 0 radical (unpaired) electrons. The van der Waals surface area contributed by atoms with Crippen LogP contribution in [0.4, 0.5) is 0 Å². The van der Waals surface area contributed by atoms with E-state index in [0.29, 0.717) is 5.56 Å². The Bertz CT molecular complexity index is 421. The van der Waals surface area contributed by atoms with Crippen LogP contribution in [0.3, 0.4) is 0 Å². The van der Waals surface area contributed by atoms with Crippen LogP contribution in [0.5, 0.6) is 5.75 Å². The third kappa shape index (κ3) is 2.43. The molecule has 1 aromatic carbocycles. The van der Waals surface area contributed by atoms with Gasteiger partial charge in [-0.25, -0.2) is 9.59 Å². The van der Waals surface area contributed by atoms with Gasteiger partial charge >= 0.3 is 11.9 Å². The van der Waals surface area contributed by atoms with Gasteiger partial charge in [-0.05, 0) is 19.1 Å². The molecule has 4 heteroatoms. The summed E-state index contributed by atoms with van der Waals surface area (Å²) in [4.78, 5) is 21.7. The van der Waals surface area contributed by atoms with Crippen molar-refractivity contribution in [2.24, 2.45) is 0 Å². The van der Waals surface area contributed by atoms with Gasteiger partial charge in [-0.15, -0.1) is 0 Å². The zero-order valence-electron chi connectivity index (χ0n) is 8.19. The predicted molar refractivity (Wildman–Crippen MR) is 54.0 cm³/mol. The van der Waals surface area contributed by atoms with Crippen molar-refractivity contribution in [3.8, 4) is 5.75 Å². The largest absolute Gasteiger partial charge is 0.478 e. The lowest BCUT2D eigenvalue weighted by Gasteiger charge is -2.07. The molecule has 1 rings (SSSR count). The molecule has 15 heavy (non-hydrogen) atoms. The molecule has 0 heterocycles. The lowest BCUT2D eigenvalue weighted by molar-refractivity contribution is -0.129. The molecule has 1 aromatic rings. The Balaban J connectivity index is 3.09. The van der Waals surface area contributed by atoms with E-state index in [1.807, 2.05) is 0 Å². The molecule has 0 atom stereocenters. The summed E-state index contributed by atoms with van der Waals surface area (Å²) in [7, 11) is 0. The summed E-state index contributed by atoms with van der Waals surface area (Å²) in [6.45, 7) is 4.83. The van der Waals surface area contributed by atoms with Gasteiger partial charge in [0.2, 0.25) is 0 Å². The Morgan fingerprint density at radius 3 is 2.67 bits per heavy atom. The Labute approximate surface area is 86.8 Å². The highest BCUT2D eigenvalue weighted by molar-refractivity contribution is 5.91. The van der Waals surface area contributed by atoms with Crippen molar-refractivity contribution in [1.82, 2.24) is 0 Å². The average Bonchev–Trinajstić information content (AvgIpc) is 2.20. The van der Waals surface area contributed by atoms with Crippen LogP contribution in [-0.2, 0) is 4.79 Å². The molecule has 78 valence electrons. The molecule has 0 amide bonds. The summed E-state index contributed by atoms with van der Waals surface area (Å²) >= 11 is 0. The first kappa shape index (κ1) is 11.0. The predicted octanol–water partition coefficient (Wildman–Crippen LogP) is 1.78.